The molecule has 0 spiro atoms. The number of aromatic nitrogens is 1. The number of nitrogens with zero attached hydrogens (tertiary/aromatic N) is 1. The van der Waals surface area contributed by atoms with Crippen LogP contribution in [0.4, 0.5) is 23.2 Å². The van der Waals surface area contributed by atoms with E-state index in [4.69, 9.17) is 0 Å². The number of sulfonamides is 1. The van der Waals surface area contributed by atoms with Crippen LogP contribution >= 0.6 is 15.9 Å². The Balaban J connectivity index is 2.34. The Bertz CT molecular complexity index is 973. The van der Waals surface area contributed by atoms with Gasteiger partial charge in [0.15, 0.2) is 5.82 Å². The number of nitrogens with one attached hydrogen (secondary N) is 2. The number of benzene rings is 1. The number of carbonyl (C=O) groups is 1. The van der Waals surface area contributed by atoms with Crippen molar-refractivity contribution in [3.63, 3.8) is 0 Å². The standard InChI is InChI=1S/C15H14BrF4N3O3S/c1-8(15(18,19)20)22-27(25,26)11-7-23(2)13(12(11)17)14(24)21-10-5-3-4-9(16)6-10/h3-8,22H,1-2H3,(H,21,24)/t8-/m1/s1. The summed E-state index contributed by atoms with van der Waals surface area (Å²) in [5.74, 6) is -2.41. The van der Waals surface area contributed by atoms with Crippen molar-refractivity contribution in [2.75, 3.05) is 5.32 Å². The van der Waals surface area contributed by atoms with E-state index in [-0.39, 0.29) is 0 Å². The van der Waals surface area contributed by atoms with E-state index in [2.05, 4.69) is 21.2 Å². The van der Waals surface area contributed by atoms with Gasteiger partial charge in [-0.05, 0) is 25.1 Å². The maximum Gasteiger partial charge on any atom is 0.404 e. The lowest BCUT2D eigenvalue weighted by Gasteiger charge is -2.16. The monoisotopic (exact) mass is 471 g/mol. The van der Waals surface area contributed by atoms with Gasteiger partial charge in [0.25, 0.3) is 5.91 Å². The molecule has 0 aliphatic rings. The minimum atomic E-state index is -4.85. The predicted molar refractivity (Wildman–Crippen MR) is 93.3 cm³/mol. The van der Waals surface area contributed by atoms with Gasteiger partial charge in [-0.2, -0.15) is 17.9 Å². The number of hydrogen-bond acceptors (Lipinski definition) is 3. The zero-order chi connectivity index (χ0) is 20.6. The van der Waals surface area contributed by atoms with Crippen molar-refractivity contribution in [1.29, 1.82) is 0 Å². The Labute approximate surface area is 160 Å². The number of hydrogen-bond donors (Lipinski definition) is 2. The second-order valence-corrected chi connectivity index (χ2v) is 8.21. The summed E-state index contributed by atoms with van der Waals surface area (Å²) < 4.78 is 79.4. The molecule has 2 aromatic rings. The van der Waals surface area contributed by atoms with Gasteiger partial charge in [-0.1, -0.05) is 22.0 Å². The van der Waals surface area contributed by atoms with Gasteiger partial charge in [0, 0.05) is 23.4 Å². The molecule has 1 aromatic carbocycles. The number of alkyl halides is 3. The van der Waals surface area contributed by atoms with Crippen LogP contribution in [0.3, 0.4) is 0 Å². The first kappa shape index (κ1) is 21.4. The zero-order valence-corrected chi connectivity index (χ0v) is 16.3. The lowest BCUT2D eigenvalue weighted by Crippen LogP contribution is -2.43. The van der Waals surface area contributed by atoms with Crippen LogP contribution < -0.4 is 10.0 Å². The fourth-order valence-electron chi connectivity index (χ4n) is 2.14. The van der Waals surface area contributed by atoms with E-state index in [0.717, 1.165) is 10.8 Å². The van der Waals surface area contributed by atoms with Gasteiger partial charge in [0.1, 0.15) is 16.6 Å². The lowest BCUT2D eigenvalue weighted by atomic mass is 10.3. The maximum absolute atomic E-state index is 14.6. The van der Waals surface area contributed by atoms with Crippen molar-refractivity contribution in [2.24, 2.45) is 7.05 Å². The number of amides is 1. The van der Waals surface area contributed by atoms with Crippen molar-refractivity contribution in [3.8, 4) is 0 Å². The third kappa shape index (κ3) is 4.87. The molecule has 6 nitrogen and oxygen atoms in total. The molecule has 1 atom stereocenters. The summed E-state index contributed by atoms with van der Waals surface area (Å²) in [6, 6.07) is 3.92. The molecular weight excluding hydrogens is 458 g/mol. The minimum Gasteiger partial charge on any atom is -0.343 e. The SMILES string of the molecule is C[C@@H](NS(=O)(=O)c1cn(C)c(C(=O)Nc2cccc(Br)c2)c1F)C(F)(F)F. The van der Waals surface area contributed by atoms with Crippen LogP contribution in [0.1, 0.15) is 17.4 Å². The summed E-state index contributed by atoms with van der Waals surface area (Å²) in [7, 11) is -3.64. The molecule has 0 bridgehead atoms. The van der Waals surface area contributed by atoms with Crippen LogP contribution in [0.25, 0.3) is 0 Å². The summed E-state index contributed by atoms with van der Waals surface area (Å²) in [4.78, 5) is 11.3. The molecule has 0 saturated carbocycles. The first-order valence-corrected chi connectivity index (χ1v) is 9.61. The highest BCUT2D eigenvalue weighted by atomic mass is 79.9. The number of anilines is 1. The Kier molecular flexibility index (Phi) is 6.02. The van der Waals surface area contributed by atoms with Crippen LogP contribution in [0, 0.1) is 5.82 Å². The highest BCUT2D eigenvalue weighted by Crippen LogP contribution is 2.25. The third-order valence-electron chi connectivity index (χ3n) is 3.50. The molecule has 148 valence electrons. The third-order valence-corrected chi connectivity index (χ3v) is 5.52. The van der Waals surface area contributed by atoms with E-state index in [1.54, 1.807) is 12.1 Å². The van der Waals surface area contributed by atoms with Crippen LogP contribution in [0.5, 0.6) is 0 Å². The number of halogens is 5. The topological polar surface area (TPSA) is 80.2 Å². The van der Waals surface area contributed by atoms with Crippen LogP contribution in [0.2, 0.25) is 0 Å². The second-order valence-electron chi connectivity index (χ2n) is 5.62. The Morgan fingerprint density at radius 2 is 1.93 bits per heavy atom. The average Bonchev–Trinajstić information content (AvgIpc) is 2.81. The highest BCUT2D eigenvalue weighted by molar-refractivity contribution is 9.10. The van der Waals surface area contributed by atoms with Gasteiger partial charge >= 0.3 is 6.18 Å². The van der Waals surface area contributed by atoms with Crippen molar-refractivity contribution in [3.05, 3.63) is 46.4 Å². The lowest BCUT2D eigenvalue weighted by molar-refractivity contribution is -0.147. The fourth-order valence-corrected chi connectivity index (χ4v) is 3.89. The van der Waals surface area contributed by atoms with Gasteiger partial charge in [-0.3, -0.25) is 4.79 Å². The maximum atomic E-state index is 14.6. The number of carbonyl (C=O) groups excluding carboxylic acids is 1. The normalized spacial score (nSPS) is 13.4. The van der Waals surface area contributed by atoms with E-state index in [1.807, 2.05) is 0 Å². The average molecular weight is 472 g/mol. The van der Waals surface area contributed by atoms with Gasteiger partial charge in [-0.15, -0.1) is 0 Å². The molecule has 0 fully saturated rings. The molecule has 2 rings (SSSR count). The molecule has 1 amide bonds. The molecular formula is C15H14BrF4N3O3S. The minimum absolute atomic E-state index is 0.309. The number of rotatable bonds is 5. The second kappa shape index (κ2) is 7.60. The Morgan fingerprint density at radius 1 is 1.30 bits per heavy atom. The van der Waals surface area contributed by atoms with Gasteiger partial charge in [-0.25, -0.2) is 12.8 Å². The molecule has 0 radical (unpaired) electrons. The summed E-state index contributed by atoms with van der Waals surface area (Å²) >= 11 is 3.20. The molecule has 1 aromatic heterocycles. The van der Waals surface area contributed by atoms with Gasteiger partial charge in [0.05, 0.1) is 0 Å². The van der Waals surface area contributed by atoms with Crippen LogP contribution in [-0.4, -0.2) is 31.1 Å². The molecule has 0 unspecified atom stereocenters. The quantitative estimate of drug-likeness (QED) is 0.655. The zero-order valence-electron chi connectivity index (χ0n) is 13.9. The van der Waals surface area contributed by atoms with Crippen molar-refractivity contribution in [2.45, 2.75) is 24.0 Å². The smallest absolute Gasteiger partial charge is 0.343 e. The fraction of sp³-hybridized carbons (Fsp3) is 0.267. The van der Waals surface area contributed by atoms with Gasteiger partial charge < -0.3 is 9.88 Å². The van der Waals surface area contributed by atoms with E-state index >= 15 is 0 Å². The molecule has 27 heavy (non-hydrogen) atoms. The van der Waals surface area contributed by atoms with Crippen LogP contribution in [-0.2, 0) is 17.1 Å². The Hall–Kier alpha value is -1.92. The Morgan fingerprint density at radius 3 is 2.48 bits per heavy atom. The predicted octanol–water partition coefficient (Wildman–Crippen LogP) is 3.41. The molecule has 2 N–H and O–H groups in total. The number of aryl methyl sites for hydroxylation is 1. The first-order chi connectivity index (χ1) is 12.3. The van der Waals surface area contributed by atoms with Gasteiger partial charge in [0.2, 0.25) is 10.0 Å². The van der Waals surface area contributed by atoms with E-state index in [1.165, 1.54) is 23.9 Å². The highest BCUT2D eigenvalue weighted by Gasteiger charge is 2.40. The summed E-state index contributed by atoms with van der Waals surface area (Å²) in [6.07, 6.45) is -4.12. The molecule has 0 saturated heterocycles. The van der Waals surface area contributed by atoms with Crippen molar-refractivity contribution < 1.29 is 30.8 Å². The van der Waals surface area contributed by atoms with E-state index in [9.17, 15) is 30.8 Å². The van der Waals surface area contributed by atoms with E-state index in [0.29, 0.717) is 17.1 Å². The molecule has 0 aliphatic heterocycles. The summed E-state index contributed by atoms with van der Waals surface area (Å²) in [5.41, 5.74) is -0.335. The summed E-state index contributed by atoms with van der Waals surface area (Å²) in [6.45, 7) is 0.583. The van der Waals surface area contributed by atoms with Crippen LogP contribution in [0.15, 0.2) is 39.8 Å². The molecule has 0 aliphatic carbocycles. The first-order valence-electron chi connectivity index (χ1n) is 7.33. The van der Waals surface area contributed by atoms with Crippen molar-refractivity contribution >= 4 is 37.5 Å². The summed E-state index contributed by atoms with van der Waals surface area (Å²) in [5, 5.41) is 2.39. The molecule has 1 heterocycles. The van der Waals surface area contributed by atoms with Crippen molar-refractivity contribution in [1.82, 2.24) is 9.29 Å². The largest absolute Gasteiger partial charge is 0.404 e. The molecule has 12 heteroatoms. The van der Waals surface area contributed by atoms with E-state index < -0.39 is 44.6 Å².